The fourth-order valence-corrected chi connectivity index (χ4v) is 4.07. The first-order valence-electron chi connectivity index (χ1n) is 7.38. The van der Waals surface area contributed by atoms with E-state index in [-0.39, 0.29) is 6.04 Å². The monoisotopic (exact) mass is 315 g/mol. The summed E-state index contributed by atoms with van der Waals surface area (Å²) in [4.78, 5) is 0.367. The van der Waals surface area contributed by atoms with E-state index in [1.54, 1.807) is 19.3 Å². The van der Waals surface area contributed by atoms with Crippen LogP contribution in [-0.4, -0.2) is 50.1 Å². The van der Waals surface area contributed by atoms with Crippen LogP contribution in [0.25, 0.3) is 0 Å². The Labute approximate surface area is 127 Å². The molecular weight excluding hydrogens is 290 g/mol. The Balaban J connectivity index is 2.18. The zero-order valence-corrected chi connectivity index (χ0v) is 13.8. The molecule has 1 aliphatic rings. The molecule has 1 aromatic rings. The molecule has 0 atom stereocenters. The van der Waals surface area contributed by atoms with Gasteiger partial charge in [-0.2, -0.15) is 4.31 Å². The van der Waals surface area contributed by atoms with Crippen LogP contribution >= 0.6 is 0 Å². The Bertz CT molecular complexity index is 562. The SMILES string of the molecule is CCNCc1cc(S(=O)(=O)N(C)C2CCOCC2)cn1C. The molecule has 1 fully saturated rings. The molecule has 0 unspecified atom stereocenters. The quantitative estimate of drug-likeness (QED) is 0.848. The molecule has 1 aliphatic heterocycles. The van der Waals surface area contributed by atoms with Gasteiger partial charge in [0.2, 0.25) is 10.0 Å². The average molecular weight is 315 g/mol. The Hall–Kier alpha value is -0.890. The van der Waals surface area contributed by atoms with Crippen molar-refractivity contribution in [3.05, 3.63) is 18.0 Å². The summed E-state index contributed by atoms with van der Waals surface area (Å²) in [6.07, 6.45) is 3.21. The molecule has 0 aliphatic carbocycles. The number of aromatic nitrogens is 1. The highest BCUT2D eigenvalue weighted by molar-refractivity contribution is 7.89. The fourth-order valence-electron chi connectivity index (χ4n) is 2.56. The number of hydrogen-bond acceptors (Lipinski definition) is 4. The molecule has 0 spiro atoms. The summed E-state index contributed by atoms with van der Waals surface area (Å²) >= 11 is 0. The van der Waals surface area contributed by atoms with Crippen molar-refractivity contribution in [2.24, 2.45) is 7.05 Å². The minimum absolute atomic E-state index is 0.0289. The third-order valence-corrected chi connectivity index (χ3v) is 5.90. The number of nitrogens with one attached hydrogen (secondary N) is 1. The van der Waals surface area contributed by atoms with Crippen LogP contribution < -0.4 is 5.32 Å². The van der Waals surface area contributed by atoms with Crippen molar-refractivity contribution in [1.82, 2.24) is 14.2 Å². The van der Waals surface area contributed by atoms with Crippen LogP contribution in [0.3, 0.4) is 0 Å². The zero-order valence-electron chi connectivity index (χ0n) is 13.0. The number of ether oxygens (including phenoxy) is 1. The molecular formula is C14H25N3O3S. The van der Waals surface area contributed by atoms with Crippen LogP contribution in [-0.2, 0) is 28.4 Å². The van der Waals surface area contributed by atoms with E-state index in [0.29, 0.717) is 24.7 Å². The van der Waals surface area contributed by atoms with Crippen LogP contribution in [0.2, 0.25) is 0 Å². The molecule has 0 radical (unpaired) electrons. The third kappa shape index (κ3) is 3.66. The molecule has 2 rings (SSSR count). The molecule has 1 saturated heterocycles. The molecule has 120 valence electrons. The summed E-state index contributed by atoms with van der Waals surface area (Å²) in [5.74, 6) is 0. The Morgan fingerprint density at radius 3 is 2.71 bits per heavy atom. The van der Waals surface area contributed by atoms with Crippen molar-refractivity contribution in [1.29, 1.82) is 0 Å². The lowest BCUT2D eigenvalue weighted by Crippen LogP contribution is -2.40. The first kappa shape index (κ1) is 16.5. The van der Waals surface area contributed by atoms with Gasteiger partial charge >= 0.3 is 0 Å². The van der Waals surface area contributed by atoms with Gasteiger partial charge in [0.05, 0.1) is 0 Å². The lowest BCUT2D eigenvalue weighted by molar-refractivity contribution is 0.0632. The van der Waals surface area contributed by atoms with Crippen LogP contribution in [0, 0.1) is 0 Å². The van der Waals surface area contributed by atoms with Gasteiger partial charge in [-0.1, -0.05) is 6.92 Å². The molecule has 2 heterocycles. The Kier molecular flexibility index (Phi) is 5.43. The van der Waals surface area contributed by atoms with E-state index in [0.717, 1.165) is 25.1 Å². The van der Waals surface area contributed by atoms with E-state index in [1.807, 2.05) is 18.5 Å². The van der Waals surface area contributed by atoms with Crippen molar-refractivity contribution in [3.8, 4) is 0 Å². The second-order valence-electron chi connectivity index (χ2n) is 5.42. The van der Waals surface area contributed by atoms with E-state index in [1.165, 1.54) is 4.31 Å². The standard InChI is InChI=1S/C14H25N3O3S/c1-4-15-10-13-9-14(11-16(13)2)21(18,19)17(3)12-5-7-20-8-6-12/h9,11-12,15H,4-8,10H2,1-3H3. The zero-order chi connectivity index (χ0) is 15.5. The molecule has 6 nitrogen and oxygen atoms in total. The molecule has 1 N–H and O–H groups in total. The van der Waals surface area contributed by atoms with Gasteiger partial charge in [0, 0.05) is 51.8 Å². The van der Waals surface area contributed by atoms with E-state index >= 15 is 0 Å². The van der Waals surface area contributed by atoms with Crippen molar-refractivity contribution in [2.75, 3.05) is 26.8 Å². The molecule has 7 heteroatoms. The lowest BCUT2D eigenvalue weighted by atomic mass is 10.1. The topological polar surface area (TPSA) is 63.6 Å². The lowest BCUT2D eigenvalue weighted by Gasteiger charge is -2.30. The molecule has 21 heavy (non-hydrogen) atoms. The number of rotatable bonds is 6. The van der Waals surface area contributed by atoms with Crippen LogP contribution in [0.5, 0.6) is 0 Å². The van der Waals surface area contributed by atoms with Gasteiger partial charge in [0.1, 0.15) is 4.90 Å². The summed E-state index contributed by atoms with van der Waals surface area (Å²) in [6, 6.07) is 1.79. The molecule has 0 bridgehead atoms. The molecule has 1 aromatic heterocycles. The summed E-state index contributed by atoms with van der Waals surface area (Å²) < 4.78 is 34.1. The molecule has 0 aromatic carbocycles. The van der Waals surface area contributed by atoms with E-state index < -0.39 is 10.0 Å². The normalized spacial score (nSPS) is 17.5. The van der Waals surface area contributed by atoms with E-state index in [9.17, 15) is 8.42 Å². The van der Waals surface area contributed by atoms with Gasteiger partial charge < -0.3 is 14.6 Å². The van der Waals surface area contributed by atoms with E-state index in [4.69, 9.17) is 4.74 Å². The second kappa shape index (κ2) is 6.91. The number of hydrogen-bond donors (Lipinski definition) is 1. The molecule has 0 amide bonds. The van der Waals surface area contributed by atoms with Crippen molar-refractivity contribution in [3.63, 3.8) is 0 Å². The van der Waals surface area contributed by atoms with Gasteiger partial charge in [0.25, 0.3) is 0 Å². The van der Waals surface area contributed by atoms with Gasteiger partial charge in [-0.05, 0) is 25.5 Å². The Morgan fingerprint density at radius 1 is 1.43 bits per heavy atom. The predicted octanol–water partition coefficient (Wildman–Crippen LogP) is 0.934. The van der Waals surface area contributed by atoms with Gasteiger partial charge in [-0.3, -0.25) is 0 Å². The summed E-state index contributed by atoms with van der Waals surface area (Å²) in [5.41, 5.74) is 0.968. The van der Waals surface area contributed by atoms with Gasteiger partial charge in [-0.25, -0.2) is 8.42 Å². The largest absolute Gasteiger partial charge is 0.381 e. The summed E-state index contributed by atoms with van der Waals surface area (Å²) in [5, 5.41) is 3.22. The first-order valence-corrected chi connectivity index (χ1v) is 8.82. The Morgan fingerprint density at radius 2 is 2.10 bits per heavy atom. The van der Waals surface area contributed by atoms with Crippen molar-refractivity contribution in [2.45, 2.75) is 37.2 Å². The van der Waals surface area contributed by atoms with Crippen molar-refractivity contribution < 1.29 is 13.2 Å². The van der Waals surface area contributed by atoms with Crippen LogP contribution in [0.4, 0.5) is 0 Å². The maximum absolute atomic E-state index is 12.7. The summed E-state index contributed by atoms with van der Waals surface area (Å²) in [6.45, 7) is 4.81. The third-order valence-electron chi connectivity index (χ3n) is 4.02. The van der Waals surface area contributed by atoms with Crippen LogP contribution in [0.15, 0.2) is 17.2 Å². The highest BCUT2D eigenvalue weighted by Crippen LogP contribution is 2.23. The number of sulfonamides is 1. The average Bonchev–Trinajstić information content (AvgIpc) is 2.87. The summed E-state index contributed by atoms with van der Waals surface area (Å²) in [7, 11) is 0.108. The van der Waals surface area contributed by atoms with E-state index in [2.05, 4.69) is 5.32 Å². The number of aryl methyl sites for hydroxylation is 1. The number of nitrogens with zero attached hydrogens (tertiary/aromatic N) is 2. The first-order chi connectivity index (χ1) is 9.96. The minimum Gasteiger partial charge on any atom is -0.381 e. The van der Waals surface area contributed by atoms with Gasteiger partial charge in [0.15, 0.2) is 0 Å². The van der Waals surface area contributed by atoms with Crippen molar-refractivity contribution >= 4 is 10.0 Å². The second-order valence-corrected chi connectivity index (χ2v) is 7.42. The minimum atomic E-state index is -3.44. The highest BCUT2D eigenvalue weighted by atomic mass is 32.2. The highest BCUT2D eigenvalue weighted by Gasteiger charge is 2.30. The maximum Gasteiger partial charge on any atom is 0.244 e. The van der Waals surface area contributed by atoms with Gasteiger partial charge in [-0.15, -0.1) is 0 Å². The predicted molar refractivity (Wildman–Crippen MR) is 81.6 cm³/mol. The fraction of sp³-hybridized carbons (Fsp3) is 0.714. The maximum atomic E-state index is 12.7. The van der Waals surface area contributed by atoms with Crippen LogP contribution in [0.1, 0.15) is 25.5 Å². The molecule has 0 saturated carbocycles. The smallest absolute Gasteiger partial charge is 0.244 e.